The molecule has 2 aromatic rings. The van der Waals surface area contributed by atoms with Crippen LogP contribution < -0.4 is 4.72 Å². The lowest BCUT2D eigenvalue weighted by Gasteiger charge is -2.08. The number of para-hydroxylation sites is 1. The summed E-state index contributed by atoms with van der Waals surface area (Å²) >= 11 is 0. The molecule has 1 N–H and O–H groups in total. The highest BCUT2D eigenvalue weighted by Crippen LogP contribution is 2.17. The largest absolute Gasteiger partial charge is 0.280 e. The Hall–Kier alpha value is -2.58. The lowest BCUT2D eigenvalue weighted by Crippen LogP contribution is -2.12. The van der Waals surface area contributed by atoms with Crippen LogP contribution in [0.5, 0.6) is 0 Å². The van der Waals surface area contributed by atoms with E-state index in [1.807, 2.05) is 12.1 Å². The fourth-order valence-corrected chi connectivity index (χ4v) is 2.75. The Labute approximate surface area is 118 Å². The van der Waals surface area contributed by atoms with E-state index >= 15 is 0 Å². The number of anilines is 1. The summed E-state index contributed by atoms with van der Waals surface area (Å²) in [6, 6.07) is 16.9. The normalized spacial score (nSPS) is 11.2. The summed E-state index contributed by atoms with van der Waals surface area (Å²) in [6.07, 6.45) is 2.86. The van der Waals surface area contributed by atoms with Gasteiger partial charge in [0, 0.05) is 11.8 Å². The average molecular weight is 284 g/mol. The maximum Gasteiger partial charge on any atom is 0.261 e. The van der Waals surface area contributed by atoms with Gasteiger partial charge in [-0.25, -0.2) is 8.42 Å². The zero-order valence-corrected chi connectivity index (χ0v) is 11.3. The quantitative estimate of drug-likeness (QED) is 0.877. The predicted octanol–water partition coefficient (Wildman–Crippen LogP) is 3.02. The average Bonchev–Trinajstić information content (AvgIpc) is 2.46. The predicted molar refractivity (Wildman–Crippen MR) is 78.3 cm³/mol. The second-order valence-corrected chi connectivity index (χ2v) is 5.69. The van der Waals surface area contributed by atoms with Crippen molar-refractivity contribution in [2.24, 2.45) is 0 Å². The smallest absolute Gasteiger partial charge is 0.261 e. The van der Waals surface area contributed by atoms with E-state index in [0.717, 1.165) is 0 Å². The first-order valence-corrected chi connectivity index (χ1v) is 7.34. The number of allylic oxidation sites excluding steroid dienone is 1. The fourth-order valence-electron chi connectivity index (χ4n) is 1.64. The molecule has 2 aromatic carbocycles. The van der Waals surface area contributed by atoms with Crippen LogP contribution >= 0.6 is 0 Å². The molecule has 5 heteroatoms. The molecule has 0 unspecified atom stereocenters. The summed E-state index contributed by atoms with van der Waals surface area (Å²) in [4.78, 5) is 0.154. The maximum absolute atomic E-state index is 12.2. The SMILES string of the molecule is N#CC=Cc1cccc(S(=O)(=O)Nc2ccccc2)c1. The van der Waals surface area contributed by atoms with Crippen LogP contribution in [0, 0.1) is 11.3 Å². The van der Waals surface area contributed by atoms with Gasteiger partial charge < -0.3 is 0 Å². The molecule has 0 fully saturated rings. The summed E-state index contributed by atoms with van der Waals surface area (Å²) in [5.74, 6) is 0. The highest BCUT2D eigenvalue weighted by atomic mass is 32.2. The van der Waals surface area contributed by atoms with E-state index in [-0.39, 0.29) is 4.90 Å². The molecule has 0 amide bonds. The van der Waals surface area contributed by atoms with Crippen molar-refractivity contribution in [3.8, 4) is 6.07 Å². The van der Waals surface area contributed by atoms with Gasteiger partial charge in [-0.2, -0.15) is 5.26 Å². The molecule has 0 aromatic heterocycles. The third-order valence-corrected chi connectivity index (χ3v) is 3.92. The molecule has 4 nitrogen and oxygen atoms in total. The van der Waals surface area contributed by atoms with Gasteiger partial charge in [0.1, 0.15) is 0 Å². The van der Waals surface area contributed by atoms with Crippen LogP contribution in [0.1, 0.15) is 5.56 Å². The molecule has 2 rings (SSSR count). The Morgan fingerprint density at radius 2 is 1.80 bits per heavy atom. The lowest BCUT2D eigenvalue weighted by atomic mass is 10.2. The number of benzene rings is 2. The van der Waals surface area contributed by atoms with Gasteiger partial charge in [0.2, 0.25) is 0 Å². The monoisotopic (exact) mass is 284 g/mol. The molecular weight excluding hydrogens is 272 g/mol. The van der Waals surface area contributed by atoms with Gasteiger partial charge in [0.05, 0.1) is 11.0 Å². The molecule has 0 radical (unpaired) electrons. The van der Waals surface area contributed by atoms with Crippen LogP contribution in [0.4, 0.5) is 5.69 Å². The fraction of sp³-hybridized carbons (Fsp3) is 0. The van der Waals surface area contributed by atoms with Crippen molar-refractivity contribution in [2.75, 3.05) is 4.72 Å². The van der Waals surface area contributed by atoms with Crippen LogP contribution in [-0.4, -0.2) is 8.42 Å². The molecule has 0 atom stereocenters. The minimum Gasteiger partial charge on any atom is -0.280 e. The van der Waals surface area contributed by atoms with Crippen molar-refractivity contribution < 1.29 is 8.42 Å². The summed E-state index contributed by atoms with van der Waals surface area (Å²) in [5.41, 5.74) is 1.16. The van der Waals surface area contributed by atoms with Gasteiger partial charge in [-0.1, -0.05) is 30.3 Å². The van der Waals surface area contributed by atoms with Crippen LogP contribution in [0.3, 0.4) is 0 Å². The van der Waals surface area contributed by atoms with E-state index in [4.69, 9.17) is 5.26 Å². The Balaban J connectivity index is 2.31. The minimum atomic E-state index is -3.63. The molecule has 0 heterocycles. The molecule has 0 aliphatic carbocycles. The number of hydrogen-bond donors (Lipinski definition) is 1. The molecule has 0 saturated carbocycles. The van der Waals surface area contributed by atoms with E-state index in [2.05, 4.69) is 4.72 Å². The van der Waals surface area contributed by atoms with Crippen LogP contribution in [0.25, 0.3) is 6.08 Å². The topological polar surface area (TPSA) is 70.0 Å². The first-order chi connectivity index (χ1) is 9.62. The summed E-state index contributed by atoms with van der Waals surface area (Å²) in [7, 11) is -3.63. The van der Waals surface area contributed by atoms with Crippen LogP contribution in [-0.2, 0) is 10.0 Å². The van der Waals surface area contributed by atoms with Gasteiger partial charge in [0.15, 0.2) is 0 Å². The third kappa shape index (κ3) is 3.46. The van der Waals surface area contributed by atoms with Gasteiger partial charge in [-0.05, 0) is 35.9 Å². The van der Waals surface area contributed by atoms with Crippen LogP contribution in [0.2, 0.25) is 0 Å². The maximum atomic E-state index is 12.2. The summed E-state index contributed by atoms with van der Waals surface area (Å²) in [5, 5.41) is 8.48. The Kier molecular flexibility index (Phi) is 4.18. The Morgan fingerprint density at radius 1 is 1.05 bits per heavy atom. The van der Waals surface area contributed by atoms with Gasteiger partial charge in [-0.15, -0.1) is 0 Å². The second kappa shape index (κ2) is 6.04. The van der Waals surface area contributed by atoms with Crippen molar-refractivity contribution in [1.82, 2.24) is 0 Å². The van der Waals surface area contributed by atoms with Crippen molar-refractivity contribution in [3.05, 3.63) is 66.2 Å². The first kappa shape index (κ1) is 13.8. The number of nitrogens with one attached hydrogen (secondary N) is 1. The number of sulfonamides is 1. The molecule has 0 aliphatic heterocycles. The van der Waals surface area contributed by atoms with Crippen molar-refractivity contribution in [3.63, 3.8) is 0 Å². The molecule has 20 heavy (non-hydrogen) atoms. The number of rotatable bonds is 4. The number of hydrogen-bond acceptors (Lipinski definition) is 3. The number of nitrogens with zero attached hydrogens (tertiary/aromatic N) is 1. The van der Waals surface area contributed by atoms with E-state index in [0.29, 0.717) is 11.3 Å². The Morgan fingerprint density at radius 3 is 2.50 bits per heavy atom. The molecule has 0 bridgehead atoms. The van der Waals surface area contributed by atoms with Gasteiger partial charge >= 0.3 is 0 Å². The second-order valence-electron chi connectivity index (χ2n) is 4.01. The summed E-state index contributed by atoms with van der Waals surface area (Å²) in [6.45, 7) is 0. The van der Waals surface area contributed by atoms with E-state index < -0.39 is 10.0 Å². The van der Waals surface area contributed by atoms with Gasteiger partial charge in [0.25, 0.3) is 10.0 Å². The van der Waals surface area contributed by atoms with Crippen molar-refractivity contribution in [2.45, 2.75) is 4.90 Å². The highest BCUT2D eigenvalue weighted by molar-refractivity contribution is 7.92. The van der Waals surface area contributed by atoms with E-state index in [1.165, 1.54) is 18.2 Å². The standard InChI is InChI=1S/C15H12N2O2S/c16-11-5-7-13-6-4-10-15(12-13)20(18,19)17-14-8-2-1-3-9-14/h1-10,12,17H. The molecular formula is C15H12N2O2S. The zero-order valence-electron chi connectivity index (χ0n) is 10.5. The molecule has 0 aliphatic rings. The lowest BCUT2D eigenvalue weighted by molar-refractivity contribution is 0.601. The molecule has 100 valence electrons. The minimum absolute atomic E-state index is 0.154. The van der Waals surface area contributed by atoms with E-state index in [1.54, 1.807) is 42.5 Å². The van der Waals surface area contributed by atoms with Gasteiger partial charge in [-0.3, -0.25) is 4.72 Å². The summed E-state index contributed by atoms with van der Waals surface area (Å²) < 4.78 is 27.0. The van der Waals surface area contributed by atoms with Crippen molar-refractivity contribution >= 4 is 21.8 Å². The molecule has 0 spiro atoms. The number of nitriles is 1. The van der Waals surface area contributed by atoms with Crippen molar-refractivity contribution in [1.29, 1.82) is 5.26 Å². The highest BCUT2D eigenvalue weighted by Gasteiger charge is 2.13. The molecule has 0 saturated heterocycles. The Bertz CT molecular complexity index is 760. The third-order valence-electron chi connectivity index (χ3n) is 2.54. The first-order valence-electron chi connectivity index (χ1n) is 5.86. The van der Waals surface area contributed by atoms with E-state index in [9.17, 15) is 8.42 Å². The van der Waals surface area contributed by atoms with Crippen LogP contribution in [0.15, 0.2) is 65.6 Å². The zero-order chi connectivity index (χ0) is 14.4.